The second kappa shape index (κ2) is 6.31. The van der Waals surface area contributed by atoms with Gasteiger partial charge in [-0.2, -0.15) is 0 Å². The number of hydrogen-bond acceptors (Lipinski definition) is 5. The molecule has 0 fully saturated rings. The second-order valence-electron chi connectivity index (χ2n) is 2.32. The zero-order valence-corrected chi connectivity index (χ0v) is 10.2. The van der Waals surface area contributed by atoms with E-state index in [2.05, 4.69) is 4.74 Å². The molecule has 0 spiro atoms. The Morgan fingerprint density at radius 1 is 1.58 bits per heavy atom. The maximum Gasteiger partial charge on any atom is 1.00 e. The van der Waals surface area contributed by atoms with Gasteiger partial charge in [-0.1, -0.05) is 6.92 Å². The van der Waals surface area contributed by atoms with Gasteiger partial charge in [0.25, 0.3) is 0 Å². The molecule has 0 aliphatic heterocycles. The minimum absolute atomic E-state index is 0. The van der Waals surface area contributed by atoms with Crippen molar-refractivity contribution in [2.45, 2.75) is 12.4 Å². The Hall–Kier alpha value is 0.830. The number of hydrogen-bond donors (Lipinski definition) is 1. The van der Waals surface area contributed by atoms with E-state index in [1.165, 1.54) is 14.0 Å². The van der Waals surface area contributed by atoms with Crippen molar-refractivity contribution in [2.75, 3.05) is 13.7 Å². The van der Waals surface area contributed by atoms with Crippen LogP contribution in [-0.4, -0.2) is 37.2 Å². The van der Waals surface area contributed by atoms with Crippen LogP contribution in [0.3, 0.4) is 0 Å². The van der Waals surface area contributed by atoms with E-state index < -0.39 is 21.5 Å². The minimum atomic E-state index is -4.60. The Bertz CT molecular complexity index is 202. The Morgan fingerprint density at radius 3 is 2.25 bits per heavy atom. The first-order valence-electron chi connectivity index (χ1n) is 3.01. The number of aliphatic hydroxyl groups excluding tert-OH is 1. The summed E-state index contributed by atoms with van der Waals surface area (Å²) in [6, 6.07) is 0. The Morgan fingerprint density at radius 2 is 2.00 bits per heavy atom. The quantitative estimate of drug-likeness (QED) is 0.376. The van der Waals surface area contributed by atoms with Gasteiger partial charge >= 0.3 is 29.6 Å². The van der Waals surface area contributed by atoms with Crippen molar-refractivity contribution in [3.05, 3.63) is 0 Å². The maximum absolute atomic E-state index is 10.2. The molecule has 0 radical (unpaired) electrons. The molecule has 0 bridgehead atoms. The standard InChI is InChI=1S/C5H12O5S.Na/c1-4(3-10-2)5(6)11(7,8)9;/h4-6H,3H2,1-2H3,(H,7,8,9);/q;+1/p-1. The molecule has 0 saturated heterocycles. The summed E-state index contributed by atoms with van der Waals surface area (Å²) < 4.78 is 35.1. The largest absolute Gasteiger partial charge is 1.00 e. The molecule has 2 unspecified atom stereocenters. The van der Waals surface area contributed by atoms with Crippen LogP contribution in [0, 0.1) is 5.92 Å². The molecule has 0 aliphatic carbocycles. The fourth-order valence-corrected chi connectivity index (χ4v) is 1.28. The van der Waals surface area contributed by atoms with Crippen LogP contribution in [0.25, 0.3) is 0 Å². The van der Waals surface area contributed by atoms with Crippen LogP contribution in [-0.2, 0) is 14.9 Å². The number of aliphatic hydroxyl groups is 1. The van der Waals surface area contributed by atoms with Crippen LogP contribution in [0.2, 0.25) is 0 Å². The predicted octanol–water partition coefficient (Wildman–Crippen LogP) is -3.86. The molecule has 2 atom stereocenters. The van der Waals surface area contributed by atoms with Gasteiger partial charge in [0.15, 0.2) is 0 Å². The zero-order valence-electron chi connectivity index (χ0n) is 7.35. The van der Waals surface area contributed by atoms with Crippen LogP contribution in [0.15, 0.2) is 0 Å². The van der Waals surface area contributed by atoms with E-state index in [4.69, 9.17) is 5.11 Å². The molecule has 0 aromatic heterocycles. The summed E-state index contributed by atoms with van der Waals surface area (Å²) in [4.78, 5) is 0. The molecular weight excluding hydrogens is 195 g/mol. The molecule has 0 aromatic carbocycles. The van der Waals surface area contributed by atoms with Crippen LogP contribution in [0.5, 0.6) is 0 Å². The molecule has 0 amide bonds. The summed E-state index contributed by atoms with van der Waals surface area (Å²) in [5, 5.41) is 8.80. The summed E-state index contributed by atoms with van der Waals surface area (Å²) >= 11 is 0. The van der Waals surface area contributed by atoms with E-state index in [0.717, 1.165) is 0 Å². The van der Waals surface area contributed by atoms with Crippen molar-refractivity contribution in [3.8, 4) is 0 Å². The van der Waals surface area contributed by atoms with E-state index in [0.29, 0.717) is 0 Å². The third kappa shape index (κ3) is 5.47. The fraction of sp³-hybridized carbons (Fsp3) is 1.00. The van der Waals surface area contributed by atoms with Crippen molar-refractivity contribution in [1.29, 1.82) is 0 Å². The van der Waals surface area contributed by atoms with Gasteiger partial charge in [0.1, 0.15) is 15.6 Å². The summed E-state index contributed by atoms with van der Waals surface area (Å²) in [7, 11) is -3.24. The Labute approximate surface area is 94.1 Å². The first-order valence-corrected chi connectivity index (χ1v) is 4.48. The molecule has 12 heavy (non-hydrogen) atoms. The van der Waals surface area contributed by atoms with Crippen LogP contribution >= 0.6 is 0 Å². The minimum Gasteiger partial charge on any atom is -0.746 e. The zero-order chi connectivity index (χ0) is 9.07. The molecule has 0 heterocycles. The Balaban J connectivity index is 0. The Kier molecular flexibility index (Phi) is 8.05. The fourth-order valence-electron chi connectivity index (χ4n) is 0.630. The van der Waals surface area contributed by atoms with E-state index in [1.807, 2.05) is 0 Å². The van der Waals surface area contributed by atoms with Crippen molar-refractivity contribution in [3.63, 3.8) is 0 Å². The molecule has 1 N–H and O–H groups in total. The molecule has 0 aliphatic rings. The predicted molar refractivity (Wildman–Crippen MR) is 36.7 cm³/mol. The van der Waals surface area contributed by atoms with Gasteiger partial charge in [-0.3, -0.25) is 0 Å². The van der Waals surface area contributed by atoms with E-state index in [9.17, 15) is 13.0 Å². The van der Waals surface area contributed by atoms with Crippen LogP contribution in [0.1, 0.15) is 6.92 Å². The SMILES string of the molecule is COCC(C)C(O)S(=O)(=O)[O-].[Na+]. The van der Waals surface area contributed by atoms with Crippen molar-refractivity contribution in [1.82, 2.24) is 0 Å². The molecule has 0 aromatic rings. The normalized spacial score (nSPS) is 16.3. The second-order valence-corrected chi connectivity index (χ2v) is 3.78. The monoisotopic (exact) mass is 206 g/mol. The van der Waals surface area contributed by atoms with Crippen molar-refractivity contribution >= 4 is 10.1 Å². The van der Waals surface area contributed by atoms with Crippen LogP contribution < -0.4 is 29.6 Å². The molecule has 0 rings (SSSR count). The molecule has 7 heteroatoms. The maximum atomic E-state index is 10.2. The molecule has 0 saturated carbocycles. The molecule has 68 valence electrons. The number of methoxy groups -OCH3 is 1. The number of rotatable bonds is 4. The average Bonchev–Trinajstić information content (AvgIpc) is 1.85. The molecular formula is C5H11NaO5S. The summed E-state index contributed by atoms with van der Waals surface area (Å²) in [6.07, 6.45) is 0. The summed E-state index contributed by atoms with van der Waals surface area (Å²) in [5.41, 5.74) is -1.87. The topological polar surface area (TPSA) is 86.7 Å². The van der Waals surface area contributed by atoms with Gasteiger partial charge in [0.2, 0.25) is 0 Å². The number of ether oxygens (including phenoxy) is 1. The average molecular weight is 206 g/mol. The summed E-state index contributed by atoms with van der Waals surface area (Å²) in [6.45, 7) is 1.46. The van der Waals surface area contributed by atoms with Gasteiger partial charge in [-0.25, -0.2) is 8.42 Å². The van der Waals surface area contributed by atoms with Gasteiger partial charge < -0.3 is 14.4 Å². The van der Waals surface area contributed by atoms with Gasteiger partial charge in [-0.05, 0) is 0 Å². The van der Waals surface area contributed by atoms with E-state index >= 15 is 0 Å². The van der Waals surface area contributed by atoms with Crippen molar-refractivity contribution < 1.29 is 52.4 Å². The van der Waals surface area contributed by atoms with Gasteiger partial charge in [0, 0.05) is 13.0 Å². The van der Waals surface area contributed by atoms with Crippen molar-refractivity contribution in [2.24, 2.45) is 5.92 Å². The van der Waals surface area contributed by atoms with Crippen LogP contribution in [0.4, 0.5) is 0 Å². The first-order chi connectivity index (χ1) is 4.89. The summed E-state index contributed by atoms with van der Waals surface area (Å²) in [5.74, 6) is -0.692. The first kappa shape index (κ1) is 15.3. The van der Waals surface area contributed by atoms with Gasteiger partial charge in [-0.15, -0.1) is 0 Å². The van der Waals surface area contributed by atoms with E-state index in [-0.39, 0.29) is 36.2 Å². The van der Waals surface area contributed by atoms with E-state index in [1.54, 1.807) is 0 Å². The van der Waals surface area contributed by atoms with Gasteiger partial charge in [0.05, 0.1) is 6.61 Å². The third-order valence-corrected chi connectivity index (χ3v) is 2.27. The third-order valence-electron chi connectivity index (χ3n) is 1.21. The molecule has 5 nitrogen and oxygen atoms in total. The smallest absolute Gasteiger partial charge is 0.746 e.